The minimum atomic E-state index is -4.66. The Morgan fingerprint density at radius 1 is 1.00 bits per heavy atom. The van der Waals surface area contributed by atoms with E-state index in [0.717, 1.165) is 6.07 Å². The molecule has 7 nitrogen and oxygen atoms in total. The van der Waals surface area contributed by atoms with Crippen molar-refractivity contribution in [2.75, 3.05) is 5.73 Å². The average molecular weight is 301 g/mol. The maximum atomic E-state index is 11.3. The van der Waals surface area contributed by atoms with Crippen molar-refractivity contribution in [3.05, 3.63) is 30.3 Å². The van der Waals surface area contributed by atoms with Gasteiger partial charge in [0.15, 0.2) is 0 Å². The van der Waals surface area contributed by atoms with Crippen LogP contribution in [0.1, 0.15) is 0 Å². The molecule has 0 heterocycles. The topological polar surface area (TPSA) is 135 Å². The Balaban J connectivity index is 2.99. The van der Waals surface area contributed by atoms with Crippen LogP contribution in [0.25, 0.3) is 10.8 Å². The van der Waals surface area contributed by atoms with Crippen LogP contribution in [0.5, 0.6) is 0 Å². The summed E-state index contributed by atoms with van der Waals surface area (Å²) in [5.74, 6) is 0. The highest BCUT2D eigenvalue weighted by atomic mass is 32.2. The molecule has 0 atom stereocenters. The molecule has 0 saturated carbocycles. The summed E-state index contributed by atoms with van der Waals surface area (Å²) < 4.78 is 62.5. The van der Waals surface area contributed by atoms with Gasteiger partial charge in [0, 0.05) is 17.5 Å². The minimum Gasteiger partial charge on any atom is -0.398 e. The molecule has 2 radical (unpaired) electrons. The van der Waals surface area contributed by atoms with E-state index in [1.807, 2.05) is 0 Å². The second kappa shape index (κ2) is 4.17. The maximum absolute atomic E-state index is 11.3. The van der Waals surface area contributed by atoms with Crippen LogP contribution in [-0.2, 0) is 20.2 Å². The lowest BCUT2D eigenvalue weighted by Gasteiger charge is -2.07. The molecular formula is C10H7NO6S2. The van der Waals surface area contributed by atoms with E-state index in [1.165, 1.54) is 12.1 Å². The number of nitrogen functional groups attached to an aromatic ring is 1. The molecule has 0 fully saturated rings. The number of hydrogen-bond donors (Lipinski definition) is 3. The summed E-state index contributed by atoms with van der Waals surface area (Å²) in [5.41, 5.74) is 5.20. The highest BCUT2D eigenvalue weighted by molar-refractivity contribution is 7.86. The van der Waals surface area contributed by atoms with E-state index in [0.29, 0.717) is 0 Å². The third-order valence-corrected chi connectivity index (χ3v) is 4.11. The average Bonchev–Trinajstić information content (AvgIpc) is 2.24. The summed E-state index contributed by atoms with van der Waals surface area (Å²) in [7, 11) is -9.23. The fourth-order valence-corrected chi connectivity index (χ4v) is 2.85. The van der Waals surface area contributed by atoms with Crippen LogP contribution in [0.4, 0.5) is 5.69 Å². The van der Waals surface area contributed by atoms with Gasteiger partial charge in [-0.3, -0.25) is 9.11 Å². The normalized spacial score (nSPS) is 12.7. The van der Waals surface area contributed by atoms with Gasteiger partial charge in [0.25, 0.3) is 20.2 Å². The first-order valence-corrected chi connectivity index (χ1v) is 7.60. The second-order valence-electron chi connectivity index (χ2n) is 3.65. The predicted molar refractivity (Wildman–Crippen MR) is 65.7 cm³/mol. The molecule has 0 aromatic heterocycles. The van der Waals surface area contributed by atoms with Crippen LogP contribution in [-0.4, -0.2) is 25.9 Å². The Bertz CT molecular complexity index is 870. The number of fused-ring (bicyclic) bond motifs is 1. The Kier molecular flexibility index (Phi) is 3.01. The van der Waals surface area contributed by atoms with Crippen molar-refractivity contribution < 1.29 is 25.9 Å². The molecule has 2 aromatic carbocycles. The Labute approximate surface area is 109 Å². The summed E-state index contributed by atoms with van der Waals surface area (Å²) >= 11 is 0. The van der Waals surface area contributed by atoms with Gasteiger partial charge in [-0.15, -0.1) is 0 Å². The van der Waals surface area contributed by atoms with Crippen molar-refractivity contribution in [2.24, 2.45) is 0 Å². The van der Waals surface area contributed by atoms with Gasteiger partial charge in [-0.1, -0.05) is 6.07 Å². The van der Waals surface area contributed by atoms with E-state index in [1.54, 1.807) is 0 Å². The van der Waals surface area contributed by atoms with E-state index in [-0.39, 0.29) is 16.5 Å². The predicted octanol–water partition coefficient (Wildman–Crippen LogP) is 0.516. The van der Waals surface area contributed by atoms with Crippen LogP contribution in [0.15, 0.2) is 28.0 Å². The lowest BCUT2D eigenvalue weighted by molar-refractivity contribution is 0.480. The smallest absolute Gasteiger partial charge is 0.297 e. The monoisotopic (exact) mass is 301 g/mol. The number of benzene rings is 2. The number of anilines is 1. The van der Waals surface area contributed by atoms with Crippen LogP contribution in [0, 0.1) is 12.1 Å². The van der Waals surface area contributed by atoms with Gasteiger partial charge in [-0.25, -0.2) is 0 Å². The first-order chi connectivity index (χ1) is 8.60. The van der Waals surface area contributed by atoms with Crippen molar-refractivity contribution in [3.63, 3.8) is 0 Å². The second-order valence-corrected chi connectivity index (χ2v) is 6.40. The first-order valence-electron chi connectivity index (χ1n) is 4.72. The molecule has 4 N–H and O–H groups in total. The van der Waals surface area contributed by atoms with E-state index in [4.69, 9.17) is 14.8 Å². The van der Waals surface area contributed by atoms with Crippen LogP contribution >= 0.6 is 0 Å². The summed E-state index contributed by atoms with van der Waals surface area (Å²) in [5, 5.41) is 0.00287. The Morgan fingerprint density at radius 2 is 1.63 bits per heavy atom. The molecule has 9 heteroatoms. The van der Waals surface area contributed by atoms with E-state index in [2.05, 4.69) is 12.1 Å². The molecule has 100 valence electrons. The molecule has 0 aliphatic carbocycles. The SMILES string of the molecule is Nc1ccc2[c][c]c(S(=O)(=O)O)cc2c1S(=O)(=O)O. The highest BCUT2D eigenvalue weighted by Crippen LogP contribution is 2.29. The van der Waals surface area contributed by atoms with Gasteiger partial charge < -0.3 is 5.73 Å². The Hall–Kier alpha value is -1.68. The molecule has 0 bridgehead atoms. The van der Waals surface area contributed by atoms with Crippen molar-refractivity contribution in [1.29, 1.82) is 0 Å². The highest BCUT2D eigenvalue weighted by Gasteiger charge is 2.20. The fourth-order valence-electron chi connectivity index (χ4n) is 1.59. The summed E-state index contributed by atoms with van der Waals surface area (Å²) in [6.07, 6.45) is 0. The molecule has 2 aromatic rings. The van der Waals surface area contributed by atoms with Gasteiger partial charge in [0.05, 0.1) is 5.69 Å². The quantitative estimate of drug-likeness (QED) is 0.543. The van der Waals surface area contributed by atoms with Gasteiger partial charge in [-0.05, 0) is 17.5 Å². The molecule has 0 aliphatic heterocycles. The van der Waals surface area contributed by atoms with Gasteiger partial charge in [-0.2, -0.15) is 16.8 Å². The lowest BCUT2D eigenvalue weighted by atomic mass is 10.1. The third-order valence-electron chi connectivity index (χ3n) is 2.36. The molecule has 0 unspecified atom stereocenters. The number of hydrogen-bond acceptors (Lipinski definition) is 5. The Morgan fingerprint density at radius 3 is 2.16 bits per heavy atom. The van der Waals surface area contributed by atoms with E-state index < -0.39 is 30.0 Å². The van der Waals surface area contributed by atoms with Gasteiger partial charge >= 0.3 is 0 Å². The van der Waals surface area contributed by atoms with Crippen molar-refractivity contribution in [3.8, 4) is 0 Å². The van der Waals surface area contributed by atoms with Gasteiger partial charge in [0.1, 0.15) is 9.79 Å². The first kappa shape index (κ1) is 13.7. The fraction of sp³-hybridized carbons (Fsp3) is 0. The summed E-state index contributed by atoms with van der Waals surface area (Å²) in [6.45, 7) is 0. The molecule has 0 spiro atoms. The van der Waals surface area contributed by atoms with Crippen LogP contribution in [0.3, 0.4) is 0 Å². The molecule has 0 aliphatic rings. The van der Waals surface area contributed by atoms with Crippen LogP contribution in [0.2, 0.25) is 0 Å². The molecule has 19 heavy (non-hydrogen) atoms. The number of rotatable bonds is 2. The lowest BCUT2D eigenvalue weighted by Crippen LogP contribution is -2.05. The van der Waals surface area contributed by atoms with Crippen molar-refractivity contribution in [2.45, 2.75) is 9.79 Å². The minimum absolute atomic E-state index is 0.172. The van der Waals surface area contributed by atoms with E-state index >= 15 is 0 Å². The zero-order chi connectivity index (χ0) is 14.4. The van der Waals surface area contributed by atoms with Crippen LogP contribution < -0.4 is 5.73 Å². The standard InChI is InChI=1S/C10H7NO6S2/c11-9-4-2-6-1-3-7(18(12,13)14)5-8(6)10(9)19(15,16)17/h2,4-5H,11H2,(H,12,13,14)(H,15,16,17). The zero-order valence-corrected chi connectivity index (χ0v) is 10.8. The molecule has 0 amide bonds. The largest absolute Gasteiger partial charge is 0.398 e. The molecular weight excluding hydrogens is 294 g/mol. The third kappa shape index (κ3) is 2.54. The van der Waals surface area contributed by atoms with Crippen molar-refractivity contribution in [1.82, 2.24) is 0 Å². The number of nitrogens with two attached hydrogens (primary N) is 1. The summed E-state index contributed by atoms with van der Waals surface area (Å²) in [6, 6.07) is 7.99. The van der Waals surface area contributed by atoms with Crippen molar-refractivity contribution >= 4 is 36.7 Å². The van der Waals surface area contributed by atoms with E-state index in [9.17, 15) is 16.8 Å². The van der Waals surface area contributed by atoms with Gasteiger partial charge in [0.2, 0.25) is 0 Å². The zero-order valence-electron chi connectivity index (χ0n) is 9.15. The maximum Gasteiger partial charge on any atom is 0.297 e. The molecule has 0 saturated heterocycles. The summed E-state index contributed by atoms with van der Waals surface area (Å²) in [4.78, 5) is -1.31. The molecule has 2 rings (SSSR count).